The minimum Gasteiger partial charge on any atom is -0.354 e. The molecule has 18 heavy (non-hydrogen) atoms. The van der Waals surface area contributed by atoms with E-state index in [1.165, 1.54) is 10.6 Å². The molecule has 104 valence electrons. The number of anilines is 1. The van der Waals surface area contributed by atoms with Crippen molar-refractivity contribution >= 4 is 16.5 Å². The van der Waals surface area contributed by atoms with Crippen LogP contribution in [0.1, 0.15) is 50.6 Å². The average Bonchev–Trinajstić information content (AvgIpc) is 2.72. The minimum absolute atomic E-state index is 0.547. The third-order valence-corrected chi connectivity index (χ3v) is 4.26. The van der Waals surface area contributed by atoms with Gasteiger partial charge >= 0.3 is 0 Å². The first kappa shape index (κ1) is 15.4. The third-order valence-electron chi connectivity index (χ3n) is 3.02. The molecule has 0 spiro atoms. The highest BCUT2D eigenvalue weighted by atomic mass is 32.1. The topological polar surface area (TPSA) is 28.2 Å². The van der Waals surface area contributed by atoms with E-state index in [2.05, 4.69) is 52.0 Å². The minimum atomic E-state index is 0.547. The van der Waals surface area contributed by atoms with Crippen LogP contribution in [0.4, 0.5) is 5.13 Å². The molecular weight excluding hydrogens is 242 g/mol. The summed E-state index contributed by atoms with van der Waals surface area (Å²) in [5.41, 5.74) is 1.28. The van der Waals surface area contributed by atoms with E-state index in [4.69, 9.17) is 4.98 Å². The van der Waals surface area contributed by atoms with Gasteiger partial charge in [0.15, 0.2) is 5.13 Å². The lowest BCUT2D eigenvalue weighted by Gasteiger charge is -2.10. The van der Waals surface area contributed by atoms with Gasteiger partial charge < -0.3 is 10.2 Å². The van der Waals surface area contributed by atoms with E-state index in [9.17, 15) is 0 Å². The van der Waals surface area contributed by atoms with Crippen LogP contribution in [0.15, 0.2) is 0 Å². The summed E-state index contributed by atoms with van der Waals surface area (Å²) in [6, 6.07) is 0. The molecule has 1 unspecified atom stereocenters. The predicted molar refractivity (Wildman–Crippen MR) is 81.7 cm³/mol. The molecule has 0 fully saturated rings. The number of hydrogen-bond donors (Lipinski definition) is 1. The lowest BCUT2D eigenvalue weighted by molar-refractivity contribution is 0.551. The second-order valence-corrected chi connectivity index (χ2v) is 6.60. The molecule has 4 heteroatoms. The molecule has 0 aromatic carbocycles. The Bertz CT molecular complexity index is 358. The van der Waals surface area contributed by atoms with Crippen molar-refractivity contribution in [3.8, 4) is 0 Å². The standard InChI is InChI=1S/C14H27N3S/c1-7-11(4)13-12(9-15-8-10(2)3)18-14(16-13)17(5)6/h10-11,15H,7-9H2,1-6H3. The highest BCUT2D eigenvalue weighted by Crippen LogP contribution is 2.31. The van der Waals surface area contributed by atoms with Crippen LogP contribution in [0.3, 0.4) is 0 Å². The predicted octanol–water partition coefficient (Wildman–Crippen LogP) is 3.47. The number of nitrogens with one attached hydrogen (secondary N) is 1. The van der Waals surface area contributed by atoms with E-state index in [1.54, 1.807) is 0 Å². The fraction of sp³-hybridized carbons (Fsp3) is 0.786. The summed E-state index contributed by atoms with van der Waals surface area (Å²) in [5.74, 6) is 1.24. The van der Waals surface area contributed by atoms with Gasteiger partial charge in [-0.25, -0.2) is 4.98 Å². The van der Waals surface area contributed by atoms with Crippen LogP contribution >= 0.6 is 11.3 Å². The van der Waals surface area contributed by atoms with Crippen molar-refractivity contribution in [2.45, 2.75) is 46.6 Å². The van der Waals surface area contributed by atoms with Gasteiger partial charge in [-0.3, -0.25) is 0 Å². The highest BCUT2D eigenvalue weighted by Gasteiger charge is 2.16. The smallest absolute Gasteiger partial charge is 0.185 e. The quantitative estimate of drug-likeness (QED) is 0.821. The Balaban J connectivity index is 2.79. The fourth-order valence-corrected chi connectivity index (χ4v) is 2.79. The molecule has 0 aliphatic rings. The maximum Gasteiger partial charge on any atom is 0.185 e. The van der Waals surface area contributed by atoms with E-state index < -0.39 is 0 Å². The molecule has 0 radical (unpaired) electrons. The molecule has 1 heterocycles. The van der Waals surface area contributed by atoms with E-state index >= 15 is 0 Å². The maximum atomic E-state index is 4.78. The van der Waals surface area contributed by atoms with Crippen molar-refractivity contribution in [2.24, 2.45) is 5.92 Å². The first-order valence-electron chi connectivity index (χ1n) is 6.83. The fourth-order valence-electron chi connectivity index (χ4n) is 1.72. The molecule has 1 rings (SSSR count). The zero-order chi connectivity index (χ0) is 13.7. The molecule has 0 aliphatic heterocycles. The van der Waals surface area contributed by atoms with Crippen LogP contribution in [0.5, 0.6) is 0 Å². The Hall–Kier alpha value is -0.610. The van der Waals surface area contributed by atoms with Crippen LogP contribution < -0.4 is 10.2 Å². The van der Waals surface area contributed by atoms with Gasteiger partial charge in [0.1, 0.15) is 0 Å². The number of hydrogen-bond acceptors (Lipinski definition) is 4. The Kier molecular flexibility index (Phi) is 6.09. The first-order chi connectivity index (χ1) is 8.45. The molecule has 1 aromatic heterocycles. The third kappa shape index (κ3) is 4.25. The first-order valence-corrected chi connectivity index (χ1v) is 7.64. The normalized spacial score (nSPS) is 13.1. The molecule has 1 atom stereocenters. The van der Waals surface area contributed by atoms with Gasteiger partial charge in [-0.15, -0.1) is 11.3 Å². The number of aromatic nitrogens is 1. The van der Waals surface area contributed by atoms with Gasteiger partial charge in [0.05, 0.1) is 5.69 Å². The molecule has 0 amide bonds. The van der Waals surface area contributed by atoms with Gasteiger partial charge in [0, 0.05) is 25.5 Å². The van der Waals surface area contributed by atoms with Gasteiger partial charge in [-0.1, -0.05) is 27.7 Å². The number of nitrogens with zero attached hydrogens (tertiary/aromatic N) is 2. The molecule has 1 aromatic rings. The van der Waals surface area contributed by atoms with Gasteiger partial charge in [0.25, 0.3) is 0 Å². The van der Waals surface area contributed by atoms with Crippen molar-refractivity contribution in [3.05, 3.63) is 10.6 Å². The van der Waals surface area contributed by atoms with Gasteiger partial charge in [-0.2, -0.15) is 0 Å². The van der Waals surface area contributed by atoms with E-state index in [0.717, 1.165) is 24.6 Å². The van der Waals surface area contributed by atoms with Crippen LogP contribution in [0, 0.1) is 5.92 Å². The number of rotatable bonds is 7. The monoisotopic (exact) mass is 269 g/mol. The van der Waals surface area contributed by atoms with Crippen LogP contribution in [0.2, 0.25) is 0 Å². The van der Waals surface area contributed by atoms with Crippen molar-refractivity contribution in [3.63, 3.8) is 0 Å². The summed E-state index contributed by atoms with van der Waals surface area (Å²) in [6.45, 7) is 11.0. The van der Waals surface area contributed by atoms with E-state index in [1.807, 2.05) is 11.3 Å². The van der Waals surface area contributed by atoms with Crippen molar-refractivity contribution in [1.29, 1.82) is 0 Å². The number of thiazole rings is 1. The average molecular weight is 269 g/mol. The van der Waals surface area contributed by atoms with Crippen molar-refractivity contribution in [1.82, 2.24) is 10.3 Å². The highest BCUT2D eigenvalue weighted by molar-refractivity contribution is 7.15. The Morgan fingerprint density at radius 3 is 2.44 bits per heavy atom. The molecule has 0 bridgehead atoms. The molecule has 0 saturated heterocycles. The van der Waals surface area contributed by atoms with E-state index in [-0.39, 0.29) is 0 Å². The zero-order valence-corrected chi connectivity index (χ0v) is 13.4. The molecule has 3 nitrogen and oxygen atoms in total. The summed E-state index contributed by atoms with van der Waals surface area (Å²) >= 11 is 1.82. The zero-order valence-electron chi connectivity index (χ0n) is 12.6. The van der Waals surface area contributed by atoms with Crippen LogP contribution in [-0.4, -0.2) is 25.6 Å². The lowest BCUT2D eigenvalue weighted by atomic mass is 10.0. The van der Waals surface area contributed by atoms with Crippen LogP contribution in [-0.2, 0) is 6.54 Å². The Labute approximate surface area is 116 Å². The lowest BCUT2D eigenvalue weighted by Crippen LogP contribution is -2.19. The second-order valence-electron chi connectivity index (χ2n) is 5.53. The van der Waals surface area contributed by atoms with Gasteiger partial charge in [0.2, 0.25) is 0 Å². The van der Waals surface area contributed by atoms with Crippen molar-refractivity contribution < 1.29 is 0 Å². The van der Waals surface area contributed by atoms with Crippen LogP contribution in [0.25, 0.3) is 0 Å². The largest absolute Gasteiger partial charge is 0.354 e. The maximum absolute atomic E-state index is 4.78. The molecule has 1 N–H and O–H groups in total. The summed E-state index contributed by atoms with van der Waals surface area (Å²) in [6.07, 6.45) is 1.15. The Morgan fingerprint density at radius 1 is 1.28 bits per heavy atom. The van der Waals surface area contributed by atoms with Gasteiger partial charge in [-0.05, 0) is 24.8 Å². The Morgan fingerprint density at radius 2 is 1.94 bits per heavy atom. The molecule has 0 aliphatic carbocycles. The second kappa shape index (κ2) is 7.10. The van der Waals surface area contributed by atoms with E-state index in [0.29, 0.717) is 11.8 Å². The molecule has 0 saturated carbocycles. The molecular formula is C14H27N3S. The summed E-state index contributed by atoms with van der Waals surface area (Å²) in [5, 5.41) is 4.64. The summed E-state index contributed by atoms with van der Waals surface area (Å²) in [4.78, 5) is 8.28. The SMILES string of the molecule is CCC(C)c1nc(N(C)C)sc1CNCC(C)C. The summed E-state index contributed by atoms with van der Waals surface area (Å²) in [7, 11) is 4.12. The van der Waals surface area contributed by atoms with Crippen molar-refractivity contribution in [2.75, 3.05) is 25.5 Å². The summed E-state index contributed by atoms with van der Waals surface area (Å²) < 4.78 is 0.